The normalized spacial score (nSPS) is 11.5. The van der Waals surface area contributed by atoms with Crippen LogP contribution < -0.4 is 11.1 Å². The van der Waals surface area contributed by atoms with Crippen LogP contribution in [0.1, 0.15) is 28.4 Å². The van der Waals surface area contributed by atoms with Crippen molar-refractivity contribution in [3.05, 3.63) is 70.5 Å². The highest BCUT2D eigenvalue weighted by Gasteiger charge is 2.21. The monoisotopic (exact) mass is 378 g/mol. The lowest BCUT2D eigenvalue weighted by atomic mass is 10.0. The summed E-state index contributed by atoms with van der Waals surface area (Å²) in [6, 6.07) is 10.0. The molecule has 26 heavy (non-hydrogen) atoms. The summed E-state index contributed by atoms with van der Waals surface area (Å²) in [7, 11) is 0. The topological polar surface area (TPSA) is 98.5 Å². The average molecular weight is 379 g/mol. The zero-order valence-corrected chi connectivity index (χ0v) is 14.3. The predicted octanol–water partition coefficient (Wildman–Crippen LogP) is 3.00. The third-order valence-corrected chi connectivity index (χ3v) is 3.82. The lowest BCUT2D eigenvalue weighted by Crippen LogP contribution is -2.35. The molecule has 2 aromatic rings. The standard InChI is InChI=1S/C18H16ClFN2O4/c19-14-7-2-1-6-13(14)15(22-18(21)25)9-17(24)26-10-16(23)11-4-3-5-12(20)8-11/h1-8,15H,9-10H2,(H3,21,22,25)/t15-/m1/s1. The zero-order chi connectivity index (χ0) is 19.1. The zero-order valence-electron chi connectivity index (χ0n) is 13.6. The number of halogens is 2. The molecule has 1 atom stereocenters. The van der Waals surface area contributed by atoms with Crippen LogP contribution in [0, 0.1) is 5.82 Å². The van der Waals surface area contributed by atoms with E-state index in [1.807, 2.05) is 0 Å². The van der Waals surface area contributed by atoms with Gasteiger partial charge in [0.25, 0.3) is 0 Å². The Bertz CT molecular complexity index is 828. The number of esters is 1. The number of hydrogen-bond donors (Lipinski definition) is 2. The van der Waals surface area contributed by atoms with Crippen LogP contribution in [0.2, 0.25) is 5.02 Å². The quantitative estimate of drug-likeness (QED) is 0.571. The van der Waals surface area contributed by atoms with Crippen LogP contribution in [0.4, 0.5) is 9.18 Å². The van der Waals surface area contributed by atoms with Crippen molar-refractivity contribution in [2.45, 2.75) is 12.5 Å². The number of amides is 2. The van der Waals surface area contributed by atoms with E-state index in [1.54, 1.807) is 24.3 Å². The highest BCUT2D eigenvalue weighted by Crippen LogP contribution is 2.25. The first-order valence-electron chi connectivity index (χ1n) is 7.61. The number of carbonyl (C=O) groups is 3. The van der Waals surface area contributed by atoms with Gasteiger partial charge in [-0.1, -0.05) is 41.9 Å². The predicted molar refractivity (Wildman–Crippen MR) is 93.2 cm³/mol. The molecule has 0 saturated carbocycles. The van der Waals surface area contributed by atoms with Gasteiger partial charge in [-0.25, -0.2) is 9.18 Å². The van der Waals surface area contributed by atoms with Crippen LogP contribution in [-0.4, -0.2) is 24.4 Å². The summed E-state index contributed by atoms with van der Waals surface area (Å²) in [5.74, 6) is -1.85. The maximum Gasteiger partial charge on any atom is 0.312 e. The van der Waals surface area contributed by atoms with Gasteiger partial charge in [-0.15, -0.1) is 0 Å². The van der Waals surface area contributed by atoms with Crippen molar-refractivity contribution in [3.8, 4) is 0 Å². The molecular weight excluding hydrogens is 363 g/mol. The van der Waals surface area contributed by atoms with Crippen LogP contribution in [0.3, 0.4) is 0 Å². The Morgan fingerprint density at radius 2 is 1.88 bits per heavy atom. The molecule has 6 nitrogen and oxygen atoms in total. The highest BCUT2D eigenvalue weighted by molar-refractivity contribution is 6.31. The van der Waals surface area contributed by atoms with E-state index in [4.69, 9.17) is 22.1 Å². The van der Waals surface area contributed by atoms with E-state index in [1.165, 1.54) is 18.2 Å². The van der Waals surface area contributed by atoms with Gasteiger partial charge in [0.1, 0.15) is 5.82 Å². The van der Waals surface area contributed by atoms with Gasteiger partial charge in [0.15, 0.2) is 12.4 Å². The second-order valence-corrected chi connectivity index (χ2v) is 5.79. The maximum absolute atomic E-state index is 13.1. The third kappa shape index (κ3) is 5.56. The van der Waals surface area contributed by atoms with Crippen molar-refractivity contribution >= 4 is 29.4 Å². The molecule has 136 valence electrons. The first-order chi connectivity index (χ1) is 12.4. The van der Waals surface area contributed by atoms with Crippen LogP contribution in [-0.2, 0) is 9.53 Å². The lowest BCUT2D eigenvalue weighted by Gasteiger charge is -2.18. The molecule has 8 heteroatoms. The van der Waals surface area contributed by atoms with Gasteiger partial charge in [-0.3, -0.25) is 9.59 Å². The number of hydrogen-bond acceptors (Lipinski definition) is 4. The summed E-state index contributed by atoms with van der Waals surface area (Å²) >= 11 is 6.07. The molecule has 2 amide bonds. The van der Waals surface area contributed by atoms with Gasteiger partial charge in [0.2, 0.25) is 0 Å². The van der Waals surface area contributed by atoms with E-state index in [9.17, 15) is 18.8 Å². The number of nitrogens with two attached hydrogens (primary N) is 1. The molecule has 0 aliphatic heterocycles. The molecule has 0 spiro atoms. The molecule has 0 fully saturated rings. The fourth-order valence-corrected chi connectivity index (χ4v) is 2.55. The van der Waals surface area contributed by atoms with Gasteiger partial charge in [-0.2, -0.15) is 0 Å². The molecule has 0 unspecified atom stereocenters. The summed E-state index contributed by atoms with van der Waals surface area (Å²) in [6.45, 7) is -0.548. The van der Waals surface area contributed by atoms with Gasteiger partial charge in [0, 0.05) is 10.6 Å². The summed E-state index contributed by atoms with van der Waals surface area (Å²) in [4.78, 5) is 35.2. The Labute approximate surface area is 154 Å². The van der Waals surface area contributed by atoms with E-state index >= 15 is 0 Å². The number of nitrogens with one attached hydrogen (secondary N) is 1. The summed E-state index contributed by atoms with van der Waals surface area (Å²) < 4.78 is 18.0. The number of rotatable bonds is 7. The van der Waals surface area contributed by atoms with Gasteiger partial charge >= 0.3 is 12.0 Å². The molecule has 0 bridgehead atoms. The minimum absolute atomic E-state index is 0.0933. The van der Waals surface area contributed by atoms with E-state index in [0.29, 0.717) is 10.6 Å². The van der Waals surface area contributed by atoms with Crippen LogP contribution in [0.5, 0.6) is 0 Å². The summed E-state index contributed by atoms with van der Waals surface area (Å²) in [5, 5.41) is 2.76. The van der Waals surface area contributed by atoms with Gasteiger partial charge < -0.3 is 15.8 Å². The minimum Gasteiger partial charge on any atom is -0.457 e. The second-order valence-electron chi connectivity index (χ2n) is 5.38. The number of primary amides is 1. The second kappa shape index (κ2) is 8.96. The highest BCUT2D eigenvalue weighted by atomic mass is 35.5. The third-order valence-electron chi connectivity index (χ3n) is 3.48. The Morgan fingerprint density at radius 1 is 1.15 bits per heavy atom. The number of Topliss-reactive ketones (excluding diaryl/α,β-unsaturated/α-hetero) is 1. The Morgan fingerprint density at radius 3 is 2.54 bits per heavy atom. The first kappa shape index (κ1) is 19.4. The fraction of sp³-hybridized carbons (Fsp3) is 0.167. The summed E-state index contributed by atoms with van der Waals surface area (Å²) in [5.41, 5.74) is 5.71. The molecule has 0 heterocycles. The van der Waals surface area contributed by atoms with Crippen molar-refractivity contribution in [2.75, 3.05) is 6.61 Å². The van der Waals surface area contributed by atoms with Gasteiger partial charge in [0.05, 0.1) is 12.5 Å². The molecule has 0 saturated heterocycles. The van der Waals surface area contributed by atoms with Crippen LogP contribution in [0.15, 0.2) is 48.5 Å². The van der Waals surface area contributed by atoms with Gasteiger partial charge in [-0.05, 0) is 23.8 Å². The molecular formula is C18H16ClFN2O4. The van der Waals surface area contributed by atoms with E-state index < -0.39 is 36.2 Å². The Kier molecular flexibility index (Phi) is 6.68. The molecule has 0 radical (unpaired) electrons. The number of ketones is 1. The molecule has 2 aromatic carbocycles. The Balaban J connectivity index is 2.00. The Hall–Kier alpha value is -2.93. The number of benzene rings is 2. The number of carbonyl (C=O) groups excluding carboxylic acids is 3. The lowest BCUT2D eigenvalue weighted by molar-refractivity contribution is -0.143. The largest absolute Gasteiger partial charge is 0.457 e. The van der Waals surface area contributed by atoms with Crippen molar-refractivity contribution in [2.24, 2.45) is 5.73 Å². The summed E-state index contributed by atoms with van der Waals surface area (Å²) in [6.07, 6.45) is -0.275. The molecule has 3 N–H and O–H groups in total. The molecule has 0 aromatic heterocycles. The number of ether oxygens (including phenoxy) is 1. The minimum atomic E-state index is -0.835. The van der Waals surface area contributed by atoms with Crippen molar-refractivity contribution in [3.63, 3.8) is 0 Å². The molecule has 0 aliphatic rings. The molecule has 2 rings (SSSR count). The maximum atomic E-state index is 13.1. The van der Waals surface area contributed by atoms with Crippen molar-refractivity contribution in [1.82, 2.24) is 5.32 Å². The van der Waals surface area contributed by atoms with E-state index in [2.05, 4.69) is 5.32 Å². The SMILES string of the molecule is NC(=O)N[C@H](CC(=O)OCC(=O)c1cccc(F)c1)c1ccccc1Cl. The van der Waals surface area contributed by atoms with E-state index in [0.717, 1.165) is 6.07 Å². The van der Waals surface area contributed by atoms with Crippen molar-refractivity contribution in [1.29, 1.82) is 0 Å². The van der Waals surface area contributed by atoms with Crippen LogP contribution in [0.25, 0.3) is 0 Å². The van der Waals surface area contributed by atoms with Crippen molar-refractivity contribution < 1.29 is 23.5 Å². The smallest absolute Gasteiger partial charge is 0.312 e. The average Bonchev–Trinajstić information content (AvgIpc) is 2.59. The van der Waals surface area contributed by atoms with E-state index in [-0.39, 0.29) is 12.0 Å². The fourth-order valence-electron chi connectivity index (χ4n) is 2.29. The van der Waals surface area contributed by atoms with Crippen LogP contribution >= 0.6 is 11.6 Å². The molecule has 0 aliphatic carbocycles. The first-order valence-corrected chi connectivity index (χ1v) is 7.99. The number of urea groups is 1.